The van der Waals surface area contributed by atoms with Crippen LogP contribution in [0.5, 0.6) is 0 Å². The topological polar surface area (TPSA) is 104 Å². The van der Waals surface area contributed by atoms with E-state index in [2.05, 4.69) is 16.0 Å². The zero-order valence-corrected chi connectivity index (χ0v) is 16.0. The van der Waals surface area contributed by atoms with Crippen molar-refractivity contribution in [3.63, 3.8) is 0 Å². The Bertz CT molecular complexity index is 734. The van der Waals surface area contributed by atoms with Crippen LogP contribution in [-0.4, -0.2) is 57.4 Å². The maximum atomic E-state index is 12.8. The molecule has 1 aliphatic heterocycles. The van der Waals surface area contributed by atoms with Gasteiger partial charge in [-0.1, -0.05) is 0 Å². The Morgan fingerprint density at radius 2 is 1.65 bits per heavy atom. The van der Waals surface area contributed by atoms with Crippen molar-refractivity contribution in [1.29, 1.82) is 0 Å². The van der Waals surface area contributed by atoms with Crippen LogP contribution in [0.15, 0.2) is 24.3 Å². The first-order valence-corrected chi connectivity index (χ1v) is 9.88. The predicted octanol–water partition coefficient (Wildman–Crippen LogP) is 0.260. The van der Waals surface area contributed by atoms with E-state index in [0.29, 0.717) is 18.7 Å². The lowest BCUT2D eigenvalue weighted by atomic mass is 9.96. The highest BCUT2D eigenvalue weighted by Gasteiger charge is 2.48. The molecule has 0 saturated carbocycles. The Morgan fingerprint density at radius 1 is 1.12 bits per heavy atom. The normalized spacial score (nSPS) is 16.2. The number of hydrogen-bond donors (Lipinski definition) is 3. The van der Waals surface area contributed by atoms with Gasteiger partial charge in [0.15, 0.2) is 14.6 Å². The predicted molar refractivity (Wildman–Crippen MR) is 98.7 cm³/mol. The summed E-state index contributed by atoms with van der Waals surface area (Å²) < 4.78 is 35.6. The second-order valence-electron chi connectivity index (χ2n) is 6.04. The molecule has 10 heteroatoms. The van der Waals surface area contributed by atoms with E-state index in [1.54, 1.807) is 0 Å². The van der Waals surface area contributed by atoms with Gasteiger partial charge < -0.3 is 16.0 Å². The molecule has 0 bridgehead atoms. The summed E-state index contributed by atoms with van der Waals surface area (Å²) in [5, 5.41) is 8.23. The van der Waals surface area contributed by atoms with Crippen LogP contribution in [0.1, 0.15) is 23.2 Å². The molecule has 0 atom stereocenters. The van der Waals surface area contributed by atoms with Gasteiger partial charge in [0.2, 0.25) is 5.91 Å². The monoisotopic (exact) mass is 407 g/mol. The molecule has 146 valence electrons. The van der Waals surface area contributed by atoms with Gasteiger partial charge in [-0.3, -0.25) is 9.59 Å². The smallest absolute Gasteiger partial charge is 0.251 e. The lowest BCUT2D eigenvalue weighted by Gasteiger charge is -2.34. The van der Waals surface area contributed by atoms with Crippen molar-refractivity contribution in [1.82, 2.24) is 16.0 Å². The Balaban J connectivity index is 0.00000338. The quantitative estimate of drug-likeness (QED) is 0.587. The number of carbonyl (C=O) groups excluding carboxylic acids is 2. The number of carbonyl (C=O) groups is 2. The van der Waals surface area contributed by atoms with E-state index >= 15 is 0 Å². The zero-order valence-electron chi connectivity index (χ0n) is 14.4. The fourth-order valence-electron chi connectivity index (χ4n) is 2.81. The lowest BCUT2D eigenvalue weighted by molar-refractivity contribution is -0.124. The number of sulfone groups is 1. The SMILES string of the molecule is CS(=O)(=O)C1(C(=O)NCCNC(=O)c2ccc(F)cc2)CCNCC1.Cl. The second-order valence-corrected chi connectivity index (χ2v) is 8.36. The number of piperidine rings is 1. The van der Waals surface area contributed by atoms with Gasteiger partial charge in [-0.25, -0.2) is 12.8 Å². The molecule has 0 aliphatic carbocycles. The number of nitrogens with one attached hydrogen (secondary N) is 3. The van der Waals surface area contributed by atoms with Crippen LogP contribution in [0.25, 0.3) is 0 Å². The van der Waals surface area contributed by atoms with Crippen LogP contribution >= 0.6 is 12.4 Å². The van der Waals surface area contributed by atoms with Gasteiger partial charge in [0.05, 0.1) is 0 Å². The lowest BCUT2D eigenvalue weighted by Crippen LogP contribution is -2.57. The first-order valence-electron chi connectivity index (χ1n) is 7.99. The molecule has 26 heavy (non-hydrogen) atoms. The Kier molecular flexibility index (Phi) is 7.98. The summed E-state index contributed by atoms with van der Waals surface area (Å²) in [6.07, 6.45) is 1.52. The van der Waals surface area contributed by atoms with Crippen molar-refractivity contribution in [3.8, 4) is 0 Å². The van der Waals surface area contributed by atoms with Gasteiger partial charge in [0.1, 0.15) is 5.82 Å². The van der Waals surface area contributed by atoms with E-state index in [9.17, 15) is 22.4 Å². The second kappa shape index (κ2) is 9.29. The van der Waals surface area contributed by atoms with Crippen molar-refractivity contribution in [2.24, 2.45) is 0 Å². The van der Waals surface area contributed by atoms with Gasteiger partial charge in [0, 0.05) is 24.9 Å². The average Bonchev–Trinajstić information content (AvgIpc) is 2.58. The summed E-state index contributed by atoms with van der Waals surface area (Å²) in [6, 6.07) is 5.08. The summed E-state index contributed by atoms with van der Waals surface area (Å²) in [5.74, 6) is -1.36. The standard InChI is InChI=1S/C16H22FN3O4S.ClH/c1-25(23,24)16(6-8-18-9-7-16)15(22)20-11-10-19-14(21)12-2-4-13(17)5-3-12;/h2-5,18H,6-11H2,1H3,(H,19,21)(H,20,22);1H. The highest BCUT2D eigenvalue weighted by Crippen LogP contribution is 2.27. The van der Waals surface area contributed by atoms with E-state index in [1.165, 1.54) is 24.3 Å². The Morgan fingerprint density at radius 3 is 2.19 bits per heavy atom. The maximum Gasteiger partial charge on any atom is 0.251 e. The largest absolute Gasteiger partial charge is 0.353 e. The summed E-state index contributed by atoms with van der Waals surface area (Å²) >= 11 is 0. The maximum absolute atomic E-state index is 12.8. The number of amides is 2. The molecule has 1 aromatic rings. The molecule has 1 aromatic carbocycles. The van der Waals surface area contributed by atoms with Crippen LogP contribution in [-0.2, 0) is 14.6 Å². The molecule has 1 fully saturated rings. The Hall–Kier alpha value is -1.71. The van der Waals surface area contributed by atoms with Crippen molar-refractivity contribution >= 4 is 34.1 Å². The first kappa shape index (κ1) is 22.3. The van der Waals surface area contributed by atoms with E-state index in [0.717, 1.165) is 6.26 Å². The minimum atomic E-state index is -3.56. The third-order valence-corrected chi connectivity index (χ3v) is 6.35. The summed E-state index contributed by atoms with van der Waals surface area (Å²) in [5.41, 5.74) is 0.304. The van der Waals surface area contributed by atoms with Gasteiger partial charge in [-0.15, -0.1) is 12.4 Å². The number of rotatable bonds is 6. The minimum Gasteiger partial charge on any atom is -0.353 e. The molecule has 0 spiro atoms. The van der Waals surface area contributed by atoms with Crippen LogP contribution in [0.3, 0.4) is 0 Å². The number of benzene rings is 1. The number of hydrogen-bond acceptors (Lipinski definition) is 5. The molecule has 1 aliphatic rings. The molecule has 7 nitrogen and oxygen atoms in total. The molecule has 0 unspecified atom stereocenters. The van der Waals surface area contributed by atoms with E-state index in [1.807, 2.05) is 0 Å². The highest BCUT2D eigenvalue weighted by molar-refractivity contribution is 7.92. The first-order chi connectivity index (χ1) is 11.8. The summed E-state index contributed by atoms with van der Waals surface area (Å²) in [4.78, 5) is 24.3. The molecule has 0 aromatic heterocycles. The van der Waals surface area contributed by atoms with E-state index < -0.39 is 32.2 Å². The Labute approximate surface area is 158 Å². The third-order valence-electron chi connectivity index (χ3n) is 4.34. The van der Waals surface area contributed by atoms with Gasteiger partial charge >= 0.3 is 0 Å². The fourth-order valence-corrected chi connectivity index (χ4v) is 4.17. The minimum absolute atomic E-state index is 0. The van der Waals surface area contributed by atoms with Crippen LogP contribution < -0.4 is 16.0 Å². The van der Waals surface area contributed by atoms with Gasteiger partial charge in [-0.2, -0.15) is 0 Å². The van der Waals surface area contributed by atoms with Crippen molar-refractivity contribution in [2.45, 2.75) is 17.6 Å². The summed E-state index contributed by atoms with van der Waals surface area (Å²) in [6.45, 7) is 1.17. The van der Waals surface area contributed by atoms with Gasteiger partial charge in [-0.05, 0) is 50.2 Å². The molecular formula is C16H23ClFN3O4S. The van der Waals surface area contributed by atoms with Crippen molar-refractivity contribution in [2.75, 3.05) is 32.4 Å². The zero-order chi connectivity index (χ0) is 18.5. The molecule has 2 rings (SSSR count). The van der Waals surface area contributed by atoms with Crippen molar-refractivity contribution in [3.05, 3.63) is 35.6 Å². The molecule has 1 heterocycles. The van der Waals surface area contributed by atoms with Crippen LogP contribution in [0, 0.1) is 5.82 Å². The third kappa shape index (κ3) is 5.15. The molecular weight excluding hydrogens is 385 g/mol. The molecule has 0 radical (unpaired) electrons. The van der Waals surface area contributed by atoms with Crippen molar-refractivity contribution < 1.29 is 22.4 Å². The fraction of sp³-hybridized carbons (Fsp3) is 0.500. The molecule has 2 amide bonds. The van der Waals surface area contributed by atoms with Crippen LogP contribution in [0.2, 0.25) is 0 Å². The van der Waals surface area contributed by atoms with Crippen LogP contribution in [0.4, 0.5) is 4.39 Å². The molecule has 3 N–H and O–H groups in total. The molecule has 1 saturated heterocycles. The average molecular weight is 408 g/mol. The van der Waals surface area contributed by atoms with E-state index in [-0.39, 0.29) is 38.3 Å². The van der Waals surface area contributed by atoms with E-state index in [4.69, 9.17) is 0 Å². The summed E-state index contributed by atoms with van der Waals surface area (Å²) in [7, 11) is -3.56. The van der Waals surface area contributed by atoms with Gasteiger partial charge in [0.25, 0.3) is 5.91 Å². The number of halogens is 2. The highest BCUT2D eigenvalue weighted by atomic mass is 35.5.